The van der Waals surface area contributed by atoms with Crippen molar-refractivity contribution >= 4 is 24.2 Å². The smallest absolute Gasteiger partial charge is 0.423 e. The maximum absolute atomic E-state index is 13.1. The number of aryl methyl sites for hydroxylation is 1. The molecule has 0 aliphatic carbocycles. The molecule has 1 aliphatic heterocycles. The standard InChI is InChI=1S/C17H17BFNO3/c1-10-8-11(19)4-6-13(10)16(21)20-12-5-7-14-15(9-12)18(22)23-17(14,2)3/h4-9,22H,1-3H3,(H,20,21). The first kappa shape index (κ1) is 15.7. The van der Waals surface area contributed by atoms with Crippen LogP contribution in [0.15, 0.2) is 36.4 Å². The van der Waals surface area contributed by atoms with Crippen LogP contribution in [0.5, 0.6) is 0 Å². The van der Waals surface area contributed by atoms with E-state index in [-0.39, 0.29) is 11.7 Å². The molecule has 0 aromatic heterocycles. The van der Waals surface area contributed by atoms with Gasteiger partial charge in [0.05, 0.1) is 5.60 Å². The number of hydrogen-bond acceptors (Lipinski definition) is 3. The highest BCUT2D eigenvalue weighted by molar-refractivity contribution is 6.62. The van der Waals surface area contributed by atoms with Gasteiger partial charge in [-0.25, -0.2) is 4.39 Å². The number of benzene rings is 2. The number of fused-ring (bicyclic) bond motifs is 1. The van der Waals surface area contributed by atoms with Gasteiger partial charge in [0.1, 0.15) is 5.82 Å². The minimum absolute atomic E-state index is 0.324. The van der Waals surface area contributed by atoms with E-state index in [4.69, 9.17) is 4.65 Å². The van der Waals surface area contributed by atoms with Gasteiger partial charge in [0.15, 0.2) is 0 Å². The molecule has 4 nitrogen and oxygen atoms in total. The zero-order chi connectivity index (χ0) is 16.8. The summed E-state index contributed by atoms with van der Waals surface area (Å²) in [5.41, 5.74) is 2.49. The molecule has 0 fully saturated rings. The van der Waals surface area contributed by atoms with Crippen LogP contribution < -0.4 is 10.8 Å². The maximum atomic E-state index is 13.1. The number of nitrogens with one attached hydrogen (secondary N) is 1. The van der Waals surface area contributed by atoms with Crippen LogP contribution in [0.3, 0.4) is 0 Å². The molecule has 0 saturated carbocycles. The first-order valence-electron chi connectivity index (χ1n) is 7.36. The highest BCUT2D eigenvalue weighted by Crippen LogP contribution is 2.30. The Morgan fingerprint density at radius 3 is 2.70 bits per heavy atom. The molecule has 1 amide bonds. The average molecular weight is 313 g/mol. The first-order chi connectivity index (χ1) is 10.8. The van der Waals surface area contributed by atoms with E-state index >= 15 is 0 Å². The molecule has 1 aliphatic rings. The van der Waals surface area contributed by atoms with Gasteiger partial charge < -0.3 is 15.0 Å². The van der Waals surface area contributed by atoms with E-state index in [1.165, 1.54) is 18.2 Å². The van der Waals surface area contributed by atoms with Crippen LogP contribution in [0.4, 0.5) is 10.1 Å². The van der Waals surface area contributed by atoms with Crippen molar-refractivity contribution in [3.63, 3.8) is 0 Å². The zero-order valence-corrected chi connectivity index (χ0v) is 13.2. The maximum Gasteiger partial charge on any atom is 0.492 e. The molecule has 6 heteroatoms. The Hall–Kier alpha value is -2.18. The molecule has 0 atom stereocenters. The van der Waals surface area contributed by atoms with Crippen molar-refractivity contribution in [1.29, 1.82) is 0 Å². The number of rotatable bonds is 2. The Bertz CT molecular complexity index is 791. The van der Waals surface area contributed by atoms with Gasteiger partial charge in [-0.15, -0.1) is 0 Å². The number of carbonyl (C=O) groups is 1. The lowest BCUT2D eigenvalue weighted by Gasteiger charge is -2.19. The molecule has 0 saturated heterocycles. The predicted octanol–water partition coefficient (Wildman–Crippen LogP) is 2.34. The van der Waals surface area contributed by atoms with E-state index in [1.807, 2.05) is 19.9 Å². The van der Waals surface area contributed by atoms with Crippen LogP contribution in [-0.4, -0.2) is 18.0 Å². The molecule has 0 radical (unpaired) electrons. The van der Waals surface area contributed by atoms with Crippen molar-refractivity contribution in [2.45, 2.75) is 26.4 Å². The van der Waals surface area contributed by atoms with Crippen LogP contribution >= 0.6 is 0 Å². The Kier molecular flexibility index (Phi) is 3.74. The summed E-state index contributed by atoms with van der Waals surface area (Å²) in [5, 5.41) is 12.8. The number of amides is 1. The second-order valence-electron chi connectivity index (χ2n) is 6.20. The van der Waals surface area contributed by atoms with Crippen LogP contribution in [0.25, 0.3) is 0 Å². The molecule has 0 spiro atoms. The van der Waals surface area contributed by atoms with Crippen molar-refractivity contribution in [2.75, 3.05) is 5.32 Å². The lowest BCUT2D eigenvalue weighted by Crippen LogP contribution is -2.29. The monoisotopic (exact) mass is 313 g/mol. The van der Waals surface area contributed by atoms with E-state index in [0.717, 1.165) is 5.56 Å². The van der Waals surface area contributed by atoms with Gasteiger partial charge in [-0.2, -0.15) is 0 Å². The van der Waals surface area contributed by atoms with E-state index < -0.39 is 12.7 Å². The average Bonchev–Trinajstić information content (AvgIpc) is 2.68. The van der Waals surface area contributed by atoms with Crippen molar-refractivity contribution in [1.82, 2.24) is 0 Å². The SMILES string of the molecule is Cc1cc(F)ccc1C(=O)Nc1ccc2c(c1)B(O)OC2(C)C. The molecule has 118 valence electrons. The van der Waals surface area contributed by atoms with E-state index in [0.29, 0.717) is 22.3 Å². The van der Waals surface area contributed by atoms with Crippen LogP contribution in [0, 0.1) is 12.7 Å². The summed E-state index contributed by atoms with van der Waals surface area (Å²) in [4.78, 5) is 12.3. The topological polar surface area (TPSA) is 58.6 Å². The van der Waals surface area contributed by atoms with Gasteiger partial charge in [0, 0.05) is 11.3 Å². The van der Waals surface area contributed by atoms with Gasteiger partial charge in [0.25, 0.3) is 5.91 Å². The predicted molar refractivity (Wildman–Crippen MR) is 87.3 cm³/mol. The number of hydrogen-bond donors (Lipinski definition) is 2. The van der Waals surface area contributed by atoms with Gasteiger partial charge in [-0.1, -0.05) is 6.07 Å². The number of halogens is 1. The third kappa shape index (κ3) is 2.87. The summed E-state index contributed by atoms with van der Waals surface area (Å²) >= 11 is 0. The Balaban J connectivity index is 1.87. The quantitative estimate of drug-likeness (QED) is 0.837. The molecule has 2 aromatic rings. The molecule has 1 heterocycles. The second-order valence-corrected chi connectivity index (χ2v) is 6.20. The minimum Gasteiger partial charge on any atom is -0.423 e. The fourth-order valence-electron chi connectivity index (χ4n) is 2.88. The van der Waals surface area contributed by atoms with Crippen LogP contribution in [-0.2, 0) is 10.3 Å². The number of carbonyl (C=O) groups excluding carboxylic acids is 1. The summed E-state index contributed by atoms with van der Waals surface area (Å²) in [6, 6.07) is 9.32. The Morgan fingerprint density at radius 2 is 2.00 bits per heavy atom. The molecule has 0 unspecified atom stereocenters. The second kappa shape index (κ2) is 5.47. The molecule has 0 bridgehead atoms. The number of anilines is 1. The molecule has 3 rings (SSSR count). The molecular weight excluding hydrogens is 296 g/mol. The van der Waals surface area contributed by atoms with Gasteiger partial charge in [-0.3, -0.25) is 4.79 Å². The highest BCUT2D eigenvalue weighted by atomic mass is 19.1. The van der Waals surface area contributed by atoms with Crippen molar-refractivity contribution in [3.8, 4) is 0 Å². The molecule has 23 heavy (non-hydrogen) atoms. The summed E-state index contributed by atoms with van der Waals surface area (Å²) < 4.78 is 18.6. The van der Waals surface area contributed by atoms with E-state index in [2.05, 4.69) is 5.32 Å². The first-order valence-corrected chi connectivity index (χ1v) is 7.36. The molecular formula is C17H17BFNO3. The van der Waals surface area contributed by atoms with Gasteiger partial charge in [-0.05, 0) is 67.7 Å². The largest absolute Gasteiger partial charge is 0.492 e. The van der Waals surface area contributed by atoms with Crippen molar-refractivity contribution < 1.29 is 18.9 Å². The van der Waals surface area contributed by atoms with Gasteiger partial charge in [0.2, 0.25) is 0 Å². The Labute approximate surface area is 134 Å². The lowest BCUT2D eigenvalue weighted by atomic mass is 9.78. The van der Waals surface area contributed by atoms with E-state index in [9.17, 15) is 14.2 Å². The lowest BCUT2D eigenvalue weighted by molar-refractivity contribution is 0.100. The Morgan fingerprint density at radius 1 is 1.26 bits per heavy atom. The van der Waals surface area contributed by atoms with Crippen LogP contribution in [0.2, 0.25) is 0 Å². The highest BCUT2D eigenvalue weighted by Gasteiger charge is 2.40. The third-order valence-electron chi connectivity index (χ3n) is 4.06. The normalized spacial score (nSPS) is 15.4. The minimum atomic E-state index is -1.01. The summed E-state index contributed by atoms with van der Waals surface area (Å²) in [7, 11) is -1.01. The van der Waals surface area contributed by atoms with E-state index in [1.54, 1.807) is 19.1 Å². The van der Waals surface area contributed by atoms with Gasteiger partial charge >= 0.3 is 7.12 Å². The summed E-state index contributed by atoms with van der Waals surface area (Å²) in [6.45, 7) is 5.44. The third-order valence-corrected chi connectivity index (χ3v) is 4.06. The fraction of sp³-hybridized carbons (Fsp3) is 0.235. The molecule has 2 aromatic carbocycles. The summed E-state index contributed by atoms with van der Waals surface area (Å²) in [5.74, 6) is -0.700. The fourth-order valence-corrected chi connectivity index (χ4v) is 2.88. The zero-order valence-electron chi connectivity index (χ0n) is 13.2. The van der Waals surface area contributed by atoms with Crippen molar-refractivity contribution in [3.05, 3.63) is 58.9 Å². The van der Waals surface area contributed by atoms with Crippen molar-refractivity contribution in [2.24, 2.45) is 0 Å². The summed E-state index contributed by atoms with van der Waals surface area (Å²) in [6.07, 6.45) is 0. The van der Waals surface area contributed by atoms with Crippen LogP contribution in [0.1, 0.15) is 35.3 Å². The molecule has 2 N–H and O–H groups in total.